The van der Waals surface area contributed by atoms with Crippen molar-refractivity contribution in [2.24, 2.45) is 5.92 Å². The third-order valence-electron chi connectivity index (χ3n) is 5.03. The van der Waals surface area contributed by atoms with Crippen molar-refractivity contribution < 1.29 is 9.53 Å². The molecule has 1 aromatic carbocycles. The monoisotopic (exact) mass is 345 g/mol. The van der Waals surface area contributed by atoms with Crippen molar-refractivity contribution in [1.29, 1.82) is 0 Å². The van der Waals surface area contributed by atoms with Crippen LogP contribution >= 0.6 is 11.3 Å². The molecule has 0 atom stereocenters. The average Bonchev–Trinajstić information content (AvgIpc) is 2.96. The van der Waals surface area contributed by atoms with Crippen LogP contribution in [0.3, 0.4) is 0 Å². The van der Waals surface area contributed by atoms with E-state index in [-0.39, 0.29) is 11.8 Å². The summed E-state index contributed by atoms with van der Waals surface area (Å²) in [7, 11) is 1.70. The normalized spacial score (nSPS) is 16.5. The molecule has 0 spiro atoms. The molecule has 0 radical (unpaired) electrons. The molecule has 130 valence electrons. The Morgan fingerprint density at radius 1 is 1.21 bits per heavy atom. The van der Waals surface area contributed by atoms with Gasteiger partial charge in [0.15, 0.2) is 0 Å². The van der Waals surface area contributed by atoms with Gasteiger partial charge in [-0.2, -0.15) is 0 Å². The first kappa shape index (κ1) is 17.3. The van der Waals surface area contributed by atoms with E-state index in [2.05, 4.69) is 22.8 Å². The van der Waals surface area contributed by atoms with Crippen molar-refractivity contribution in [2.45, 2.75) is 51.4 Å². The predicted octanol–water partition coefficient (Wildman–Crippen LogP) is 4.93. The van der Waals surface area contributed by atoms with Crippen LogP contribution in [0.2, 0.25) is 0 Å². The van der Waals surface area contributed by atoms with Gasteiger partial charge in [0, 0.05) is 17.2 Å². The van der Waals surface area contributed by atoms with Crippen LogP contribution in [-0.4, -0.2) is 19.6 Å². The predicted molar refractivity (Wildman–Crippen MR) is 101 cm³/mol. The van der Waals surface area contributed by atoms with Gasteiger partial charge in [0.05, 0.1) is 7.11 Å². The second kappa shape index (κ2) is 8.52. The maximum absolute atomic E-state index is 12.4. The lowest BCUT2D eigenvalue weighted by Crippen LogP contribution is -2.32. The Balaban J connectivity index is 1.55. The van der Waals surface area contributed by atoms with E-state index in [1.165, 1.54) is 47.8 Å². The molecule has 1 heterocycles. The van der Waals surface area contributed by atoms with E-state index < -0.39 is 0 Å². The number of hydrogen-bond acceptors (Lipinski definition) is 3. The highest BCUT2D eigenvalue weighted by molar-refractivity contribution is 7.17. The molecule has 3 nitrogen and oxygen atoms in total. The Morgan fingerprint density at radius 2 is 1.96 bits per heavy atom. The molecule has 1 aromatic heterocycles. The number of thiophene rings is 1. The molecule has 24 heavy (non-hydrogen) atoms. The maximum Gasteiger partial charge on any atom is 0.223 e. The van der Waals surface area contributed by atoms with E-state index in [0.29, 0.717) is 0 Å². The minimum atomic E-state index is 0.226. The van der Waals surface area contributed by atoms with Gasteiger partial charge < -0.3 is 10.1 Å². The average molecular weight is 346 g/mol. The van der Waals surface area contributed by atoms with E-state index in [4.69, 9.17) is 4.74 Å². The molecule has 1 fully saturated rings. The summed E-state index contributed by atoms with van der Waals surface area (Å²) in [5.74, 6) is 1.37. The molecule has 3 rings (SSSR count). The number of amides is 1. The van der Waals surface area contributed by atoms with Crippen molar-refractivity contribution >= 4 is 27.3 Å². The van der Waals surface area contributed by atoms with Crippen molar-refractivity contribution in [2.75, 3.05) is 13.7 Å². The number of carbonyl (C=O) groups is 1. The summed E-state index contributed by atoms with van der Waals surface area (Å²) in [6.07, 6.45) is 9.31. The summed E-state index contributed by atoms with van der Waals surface area (Å²) in [5.41, 5.74) is 1.30. The molecule has 4 heteroatoms. The van der Waals surface area contributed by atoms with Crippen LogP contribution in [0, 0.1) is 5.92 Å². The van der Waals surface area contributed by atoms with E-state index in [9.17, 15) is 4.79 Å². The summed E-state index contributed by atoms with van der Waals surface area (Å²) >= 11 is 1.76. The van der Waals surface area contributed by atoms with Gasteiger partial charge in [0.25, 0.3) is 0 Å². The standard InChI is InChI=1S/C20H27NO2S/c1-23-17-9-10-19-18(13-17)16(14-24-19)11-12-21-20(22)15-7-5-3-2-4-6-8-15/h9-10,13-15H,2-8,11-12H2,1H3,(H,21,22). The fraction of sp³-hybridized carbons (Fsp3) is 0.550. The Labute approximate surface area is 148 Å². The first-order valence-corrected chi connectivity index (χ1v) is 9.97. The first-order valence-electron chi connectivity index (χ1n) is 9.10. The lowest BCUT2D eigenvalue weighted by molar-refractivity contribution is -0.125. The zero-order chi connectivity index (χ0) is 16.8. The molecule has 1 aliphatic rings. The molecule has 0 saturated heterocycles. The van der Waals surface area contributed by atoms with Gasteiger partial charge >= 0.3 is 0 Å². The molecule has 0 unspecified atom stereocenters. The van der Waals surface area contributed by atoms with Crippen molar-refractivity contribution in [3.63, 3.8) is 0 Å². The summed E-state index contributed by atoms with van der Waals surface area (Å²) < 4.78 is 6.60. The molecule has 1 saturated carbocycles. The van der Waals surface area contributed by atoms with Crippen LogP contribution in [0.1, 0.15) is 50.5 Å². The zero-order valence-corrected chi connectivity index (χ0v) is 15.3. The highest BCUT2D eigenvalue weighted by Gasteiger charge is 2.18. The Kier molecular flexibility index (Phi) is 6.13. The quantitative estimate of drug-likeness (QED) is 0.834. The van der Waals surface area contributed by atoms with Crippen LogP contribution < -0.4 is 10.1 Å². The number of ether oxygens (including phenoxy) is 1. The van der Waals surface area contributed by atoms with Gasteiger partial charge in [0.1, 0.15) is 5.75 Å². The van der Waals surface area contributed by atoms with Crippen LogP contribution in [0.15, 0.2) is 23.6 Å². The van der Waals surface area contributed by atoms with Crippen LogP contribution in [-0.2, 0) is 11.2 Å². The Bertz CT molecular complexity index is 671. The molecule has 0 aliphatic heterocycles. The van der Waals surface area contributed by atoms with E-state index in [1.807, 2.05) is 6.07 Å². The van der Waals surface area contributed by atoms with Gasteiger partial charge in [0.2, 0.25) is 5.91 Å². The summed E-state index contributed by atoms with van der Waals surface area (Å²) in [6, 6.07) is 6.20. The largest absolute Gasteiger partial charge is 0.497 e. The molecule has 1 N–H and O–H groups in total. The molecule has 1 aliphatic carbocycles. The Hall–Kier alpha value is -1.55. The molecular formula is C20H27NO2S. The highest BCUT2D eigenvalue weighted by Crippen LogP contribution is 2.29. The summed E-state index contributed by atoms with van der Waals surface area (Å²) in [5, 5.41) is 6.62. The van der Waals surface area contributed by atoms with Crippen LogP contribution in [0.5, 0.6) is 5.75 Å². The second-order valence-electron chi connectivity index (χ2n) is 6.71. The SMILES string of the molecule is COc1ccc2scc(CCNC(=O)C3CCCCCCC3)c2c1. The molecule has 0 bridgehead atoms. The van der Waals surface area contributed by atoms with E-state index in [1.54, 1.807) is 18.4 Å². The van der Waals surface area contributed by atoms with Crippen molar-refractivity contribution in [3.05, 3.63) is 29.1 Å². The molecule has 2 aromatic rings. The van der Waals surface area contributed by atoms with Gasteiger partial charge in [-0.15, -0.1) is 11.3 Å². The number of methoxy groups -OCH3 is 1. The minimum Gasteiger partial charge on any atom is -0.497 e. The second-order valence-corrected chi connectivity index (χ2v) is 7.62. The van der Waals surface area contributed by atoms with E-state index in [0.717, 1.165) is 31.6 Å². The smallest absolute Gasteiger partial charge is 0.223 e. The number of rotatable bonds is 5. The number of nitrogens with one attached hydrogen (secondary N) is 1. The third-order valence-corrected chi connectivity index (χ3v) is 6.04. The summed E-state index contributed by atoms with van der Waals surface area (Å²) in [6.45, 7) is 0.721. The number of carbonyl (C=O) groups excluding carboxylic acids is 1. The molecular weight excluding hydrogens is 318 g/mol. The maximum atomic E-state index is 12.4. The topological polar surface area (TPSA) is 38.3 Å². The van der Waals surface area contributed by atoms with Gasteiger partial charge in [-0.1, -0.05) is 32.1 Å². The van der Waals surface area contributed by atoms with Crippen LogP contribution in [0.4, 0.5) is 0 Å². The van der Waals surface area contributed by atoms with Crippen molar-refractivity contribution in [3.8, 4) is 5.75 Å². The highest BCUT2D eigenvalue weighted by atomic mass is 32.1. The third kappa shape index (κ3) is 4.29. The van der Waals surface area contributed by atoms with Crippen molar-refractivity contribution in [1.82, 2.24) is 5.32 Å². The van der Waals surface area contributed by atoms with Crippen LogP contribution in [0.25, 0.3) is 10.1 Å². The lowest BCUT2D eigenvalue weighted by Gasteiger charge is -2.19. The molecule has 1 amide bonds. The van der Waals surface area contributed by atoms with Gasteiger partial charge in [-0.3, -0.25) is 4.79 Å². The lowest BCUT2D eigenvalue weighted by atomic mass is 9.90. The number of hydrogen-bond donors (Lipinski definition) is 1. The zero-order valence-electron chi connectivity index (χ0n) is 14.5. The first-order chi connectivity index (χ1) is 11.8. The Morgan fingerprint density at radius 3 is 2.71 bits per heavy atom. The fourth-order valence-corrected chi connectivity index (χ4v) is 4.54. The van der Waals surface area contributed by atoms with E-state index >= 15 is 0 Å². The number of fused-ring (bicyclic) bond motifs is 1. The minimum absolute atomic E-state index is 0.226. The summed E-state index contributed by atoms with van der Waals surface area (Å²) in [4.78, 5) is 12.4. The number of benzene rings is 1. The van der Waals surface area contributed by atoms with Gasteiger partial charge in [-0.25, -0.2) is 0 Å². The van der Waals surface area contributed by atoms with Gasteiger partial charge in [-0.05, 0) is 53.8 Å². The fourth-order valence-electron chi connectivity index (χ4n) is 3.56.